The van der Waals surface area contributed by atoms with E-state index in [1.165, 1.54) is 48.7 Å². The molecule has 0 radical (unpaired) electrons. The third-order valence-electron chi connectivity index (χ3n) is 10.2. The van der Waals surface area contributed by atoms with Crippen molar-refractivity contribution in [2.75, 3.05) is 0 Å². The van der Waals surface area contributed by atoms with E-state index in [-0.39, 0.29) is 5.92 Å². The van der Waals surface area contributed by atoms with Gasteiger partial charge < -0.3 is 9.31 Å². The summed E-state index contributed by atoms with van der Waals surface area (Å²) in [5, 5.41) is 9.40. The van der Waals surface area contributed by atoms with Gasteiger partial charge in [0.2, 0.25) is 0 Å². The molecule has 4 aliphatic rings. The van der Waals surface area contributed by atoms with Crippen LogP contribution in [0.2, 0.25) is 0 Å². The van der Waals surface area contributed by atoms with Gasteiger partial charge in [0.05, 0.1) is 22.7 Å². The molecular weight excluding hydrogens is 545 g/mol. The molecule has 5 heteroatoms. The van der Waals surface area contributed by atoms with Crippen molar-refractivity contribution in [2.24, 2.45) is 0 Å². The van der Waals surface area contributed by atoms with Crippen LogP contribution in [0.4, 0.5) is 0 Å². The monoisotopic (exact) mass is 577 g/mol. The van der Waals surface area contributed by atoms with Gasteiger partial charge in [-0.15, -0.1) is 0 Å². The minimum atomic E-state index is -0.481. The molecule has 8 rings (SSSR count). The number of hydrogen-bond donors (Lipinski definition) is 0. The zero-order chi connectivity index (χ0) is 29.6. The minimum Gasteiger partial charge on any atom is -0.399 e. The summed E-state index contributed by atoms with van der Waals surface area (Å²) in [6, 6.07) is 33.8. The van der Waals surface area contributed by atoms with Crippen LogP contribution in [0.15, 0.2) is 119 Å². The van der Waals surface area contributed by atoms with E-state index in [4.69, 9.17) is 9.31 Å². The highest BCUT2D eigenvalue weighted by Crippen LogP contribution is 2.62. The van der Waals surface area contributed by atoms with Gasteiger partial charge in [0, 0.05) is 21.3 Å². The van der Waals surface area contributed by atoms with Gasteiger partial charge in [0.1, 0.15) is 0 Å². The van der Waals surface area contributed by atoms with Crippen molar-refractivity contribution in [1.82, 2.24) is 0 Å². The minimum absolute atomic E-state index is 0.229. The van der Waals surface area contributed by atoms with Crippen molar-refractivity contribution in [3.63, 3.8) is 0 Å². The number of allylic oxidation sites excluding steroid dienone is 4. The average molecular weight is 578 g/mol. The number of rotatable bonds is 2. The Morgan fingerprint density at radius 1 is 0.791 bits per heavy atom. The molecule has 2 aliphatic heterocycles. The predicted molar refractivity (Wildman–Crippen MR) is 174 cm³/mol. The second-order valence-electron chi connectivity index (χ2n) is 13.0. The van der Waals surface area contributed by atoms with E-state index in [0.717, 1.165) is 17.5 Å². The van der Waals surface area contributed by atoms with Crippen LogP contribution in [0, 0.1) is 11.3 Å². The predicted octanol–water partition coefficient (Wildman–Crippen LogP) is 8.31. The summed E-state index contributed by atoms with van der Waals surface area (Å²) in [7, 11) is -0.453. The maximum Gasteiger partial charge on any atom is 0.496 e. The third-order valence-corrected chi connectivity index (χ3v) is 11.4. The lowest BCUT2D eigenvalue weighted by Gasteiger charge is -2.40. The van der Waals surface area contributed by atoms with Crippen LogP contribution in [0.25, 0.3) is 11.1 Å². The Labute approximate surface area is 258 Å². The van der Waals surface area contributed by atoms with Crippen LogP contribution < -0.4 is 5.46 Å². The number of nitrogens with zero attached hydrogens (tertiary/aromatic N) is 1. The van der Waals surface area contributed by atoms with Gasteiger partial charge in [-0.05, 0) is 90.7 Å². The van der Waals surface area contributed by atoms with Crippen molar-refractivity contribution < 1.29 is 9.31 Å². The van der Waals surface area contributed by atoms with Crippen molar-refractivity contribution in [2.45, 2.75) is 66.4 Å². The maximum absolute atomic E-state index is 9.40. The highest BCUT2D eigenvalue weighted by atomic mass is 32.2. The Hall–Kier alpha value is -3.82. The van der Waals surface area contributed by atoms with E-state index < -0.39 is 23.7 Å². The Morgan fingerprint density at radius 3 is 2.23 bits per heavy atom. The van der Waals surface area contributed by atoms with Crippen LogP contribution in [-0.2, 0) is 14.7 Å². The first-order valence-corrected chi connectivity index (χ1v) is 15.9. The molecule has 4 aromatic rings. The Morgan fingerprint density at radius 2 is 1.49 bits per heavy atom. The molecule has 0 N–H and O–H groups in total. The molecule has 1 saturated heterocycles. The lowest BCUT2D eigenvalue weighted by Crippen LogP contribution is -2.41. The Bertz CT molecular complexity index is 1920. The first-order chi connectivity index (χ1) is 20.7. The smallest absolute Gasteiger partial charge is 0.399 e. The molecule has 0 bridgehead atoms. The third kappa shape index (κ3) is 3.70. The van der Waals surface area contributed by atoms with E-state index in [9.17, 15) is 5.26 Å². The van der Waals surface area contributed by atoms with Gasteiger partial charge >= 0.3 is 7.12 Å². The summed E-state index contributed by atoms with van der Waals surface area (Å²) < 4.78 is 13.3. The zero-order valence-electron chi connectivity index (χ0n) is 24.8. The SMILES string of the molecule is CC1(C)OB(c2cccc3c2Sc2ccccc2C32c3ccccc3-c3ccc(C4C=CC(C#N)=CC4)cc32)OC1(C)C. The van der Waals surface area contributed by atoms with Gasteiger partial charge in [-0.2, -0.15) is 5.26 Å². The summed E-state index contributed by atoms with van der Waals surface area (Å²) in [6.45, 7) is 8.47. The van der Waals surface area contributed by atoms with E-state index in [2.05, 4.69) is 131 Å². The molecule has 210 valence electrons. The molecule has 2 aliphatic carbocycles. The van der Waals surface area contributed by atoms with Crippen molar-refractivity contribution in [3.05, 3.63) is 137 Å². The number of benzene rings is 4. The zero-order valence-corrected chi connectivity index (χ0v) is 25.7. The summed E-state index contributed by atoms with van der Waals surface area (Å²) in [5.74, 6) is 0.229. The van der Waals surface area contributed by atoms with Crippen LogP contribution in [0.5, 0.6) is 0 Å². The van der Waals surface area contributed by atoms with Crippen molar-refractivity contribution >= 4 is 24.3 Å². The molecular formula is C38H32BNO2S. The first kappa shape index (κ1) is 26.8. The summed E-state index contributed by atoms with van der Waals surface area (Å²) in [6.07, 6.45) is 7.03. The van der Waals surface area contributed by atoms with E-state index >= 15 is 0 Å². The number of nitriles is 1. The second kappa shape index (κ2) is 9.34. The van der Waals surface area contributed by atoms with E-state index in [1.54, 1.807) is 0 Å². The molecule has 2 unspecified atom stereocenters. The largest absolute Gasteiger partial charge is 0.496 e. The molecule has 0 amide bonds. The lowest BCUT2D eigenvalue weighted by molar-refractivity contribution is 0.00578. The highest BCUT2D eigenvalue weighted by Gasteiger charge is 2.55. The molecule has 2 atom stereocenters. The average Bonchev–Trinajstić information content (AvgIpc) is 3.43. The molecule has 0 aromatic heterocycles. The van der Waals surface area contributed by atoms with Gasteiger partial charge in [0.15, 0.2) is 0 Å². The fourth-order valence-electron chi connectivity index (χ4n) is 7.30. The van der Waals surface area contributed by atoms with Crippen LogP contribution in [-0.4, -0.2) is 18.3 Å². The Balaban J connectivity index is 1.39. The quantitative estimate of drug-likeness (QED) is 0.194. The topological polar surface area (TPSA) is 42.2 Å². The fraction of sp³-hybridized carbons (Fsp3) is 0.237. The standard InChI is InChI=1S/C38H32BNO2S/c1-36(2)37(3,4)42-39(41-36)33-14-9-13-31-35(33)43-34-15-8-7-12-30(34)38(31)29-11-6-5-10-27(29)28-21-20-26(22-32(28)38)25-18-16-24(23-40)17-19-25/h5-18,20-22,25H,19H2,1-4H3. The molecule has 3 nitrogen and oxygen atoms in total. The van der Waals surface area contributed by atoms with E-state index in [1.807, 2.05) is 17.8 Å². The molecule has 43 heavy (non-hydrogen) atoms. The highest BCUT2D eigenvalue weighted by molar-refractivity contribution is 7.99. The number of hydrogen-bond acceptors (Lipinski definition) is 4. The van der Waals surface area contributed by atoms with E-state index in [0.29, 0.717) is 0 Å². The van der Waals surface area contributed by atoms with Crippen molar-refractivity contribution in [3.8, 4) is 17.2 Å². The molecule has 0 saturated carbocycles. The molecule has 2 heterocycles. The molecule has 1 spiro atoms. The Kier molecular flexibility index (Phi) is 5.82. The molecule has 1 fully saturated rings. The van der Waals surface area contributed by atoms with Crippen LogP contribution >= 0.6 is 11.8 Å². The maximum atomic E-state index is 9.40. The first-order valence-electron chi connectivity index (χ1n) is 15.0. The summed E-state index contributed by atoms with van der Waals surface area (Å²) in [4.78, 5) is 2.47. The number of fused-ring (bicyclic) bond motifs is 9. The second-order valence-corrected chi connectivity index (χ2v) is 14.0. The van der Waals surface area contributed by atoms with Crippen LogP contribution in [0.3, 0.4) is 0 Å². The lowest BCUT2D eigenvalue weighted by atomic mass is 9.65. The van der Waals surface area contributed by atoms with Gasteiger partial charge in [-0.1, -0.05) is 103 Å². The fourth-order valence-corrected chi connectivity index (χ4v) is 8.61. The van der Waals surface area contributed by atoms with Crippen molar-refractivity contribution in [1.29, 1.82) is 5.26 Å². The van der Waals surface area contributed by atoms with Crippen LogP contribution in [0.1, 0.15) is 67.9 Å². The summed E-state index contributed by atoms with van der Waals surface area (Å²) >= 11 is 1.83. The van der Waals surface area contributed by atoms with Gasteiger partial charge in [-0.3, -0.25) is 0 Å². The summed E-state index contributed by atoms with van der Waals surface area (Å²) in [5.41, 5.74) is 9.54. The molecule has 4 aromatic carbocycles. The van der Waals surface area contributed by atoms with Gasteiger partial charge in [-0.25, -0.2) is 0 Å². The normalized spacial score (nSPS) is 23.7. The van der Waals surface area contributed by atoms with Gasteiger partial charge in [0.25, 0.3) is 0 Å².